The van der Waals surface area contributed by atoms with E-state index in [9.17, 15) is 10.2 Å². The van der Waals surface area contributed by atoms with Crippen LogP contribution in [0.25, 0.3) is 6.08 Å². The molecule has 4 nitrogen and oxygen atoms in total. The van der Waals surface area contributed by atoms with Crippen LogP contribution in [0.3, 0.4) is 0 Å². The van der Waals surface area contributed by atoms with Crippen LogP contribution >= 0.6 is 31.9 Å². The van der Waals surface area contributed by atoms with Crippen LogP contribution in [0.1, 0.15) is 5.56 Å². The van der Waals surface area contributed by atoms with Crippen molar-refractivity contribution < 1.29 is 10.2 Å². The highest BCUT2D eigenvalue weighted by molar-refractivity contribution is 9.11. The highest BCUT2D eigenvalue weighted by atomic mass is 79.9. The molecule has 0 saturated carbocycles. The quantitative estimate of drug-likeness (QED) is 0.629. The van der Waals surface area contributed by atoms with Crippen molar-refractivity contribution in [3.05, 3.63) is 32.2 Å². The maximum absolute atomic E-state index is 9.50. The lowest BCUT2D eigenvalue weighted by atomic mass is 10.1. The van der Waals surface area contributed by atoms with E-state index in [2.05, 4.69) is 31.9 Å². The number of halogens is 2. The van der Waals surface area contributed by atoms with Gasteiger partial charge in [0, 0.05) is 0 Å². The van der Waals surface area contributed by atoms with Gasteiger partial charge in [0.05, 0.1) is 26.7 Å². The van der Waals surface area contributed by atoms with Gasteiger partial charge in [-0.15, -0.1) is 0 Å². The van der Waals surface area contributed by atoms with Gasteiger partial charge in [-0.1, -0.05) is 0 Å². The molecule has 1 aromatic rings. The first-order valence-electron chi connectivity index (χ1n) is 4.37. The van der Waals surface area contributed by atoms with Gasteiger partial charge in [0.1, 0.15) is 5.75 Å². The molecule has 0 aliphatic rings. The van der Waals surface area contributed by atoms with E-state index in [0.717, 1.165) is 0 Å². The third kappa shape index (κ3) is 3.31. The molecule has 86 valence electrons. The van der Waals surface area contributed by atoms with E-state index in [-0.39, 0.29) is 11.3 Å². The predicted molar refractivity (Wildman–Crippen MR) is 68.7 cm³/mol. The summed E-state index contributed by atoms with van der Waals surface area (Å²) in [4.78, 5) is 0. The van der Waals surface area contributed by atoms with Gasteiger partial charge in [-0.3, -0.25) is 0 Å². The zero-order valence-electron chi connectivity index (χ0n) is 8.35. The Balaban J connectivity index is 3.24. The van der Waals surface area contributed by atoms with Gasteiger partial charge >= 0.3 is 0 Å². The minimum absolute atomic E-state index is 0.0430. The molecule has 6 heteroatoms. The Morgan fingerprint density at radius 3 is 2.24 bits per heavy atom. The van der Waals surface area contributed by atoms with Crippen molar-refractivity contribution in [1.29, 1.82) is 10.5 Å². The van der Waals surface area contributed by atoms with Crippen LogP contribution in [0.5, 0.6) is 5.75 Å². The normalized spacial score (nSPS) is 12.6. The molecule has 1 rings (SSSR count). The first kappa shape index (κ1) is 13.7. The molecular formula is C11H6Br2N2O2. The van der Waals surface area contributed by atoms with Crippen molar-refractivity contribution in [2.45, 2.75) is 6.10 Å². The maximum Gasteiger partial charge on any atom is 0.175 e. The second kappa shape index (κ2) is 5.83. The summed E-state index contributed by atoms with van der Waals surface area (Å²) in [5, 5.41) is 36.0. The van der Waals surface area contributed by atoms with Crippen LogP contribution in [-0.4, -0.2) is 16.3 Å². The lowest BCUT2D eigenvalue weighted by molar-refractivity contribution is 0.271. The minimum Gasteiger partial charge on any atom is -0.506 e. The number of aliphatic hydroxyl groups excluding tert-OH is 1. The van der Waals surface area contributed by atoms with Gasteiger partial charge < -0.3 is 10.2 Å². The van der Waals surface area contributed by atoms with Gasteiger partial charge in [-0.2, -0.15) is 10.5 Å². The average molecular weight is 358 g/mol. The Morgan fingerprint density at radius 1 is 1.29 bits per heavy atom. The SMILES string of the molecule is N#C/C(=C\c1cc(Br)c(O)c(Br)c1)C(O)C#N. The minimum atomic E-state index is -1.45. The molecule has 0 heterocycles. The number of aromatic hydroxyl groups is 1. The third-order valence-electron chi connectivity index (χ3n) is 1.91. The van der Waals surface area contributed by atoms with Crippen LogP contribution in [0.2, 0.25) is 0 Å². The summed E-state index contributed by atoms with van der Waals surface area (Å²) in [6, 6.07) is 6.46. The summed E-state index contributed by atoms with van der Waals surface area (Å²) in [7, 11) is 0. The molecule has 0 radical (unpaired) electrons. The molecule has 0 amide bonds. The first-order valence-corrected chi connectivity index (χ1v) is 5.95. The van der Waals surface area contributed by atoms with E-state index < -0.39 is 6.10 Å². The van der Waals surface area contributed by atoms with Crippen molar-refractivity contribution in [2.24, 2.45) is 0 Å². The Morgan fingerprint density at radius 2 is 1.82 bits per heavy atom. The van der Waals surface area contributed by atoms with Crippen molar-refractivity contribution in [1.82, 2.24) is 0 Å². The van der Waals surface area contributed by atoms with Crippen molar-refractivity contribution in [3.63, 3.8) is 0 Å². The highest BCUT2D eigenvalue weighted by Crippen LogP contribution is 2.34. The molecule has 17 heavy (non-hydrogen) atoms. The molecule has 0 bridgehead atoms. The van der Waals surface area contributed by atoms with Gasteiger partial charge in [-0.25, -0.2) is 0 Å². The number of nitriles is 2. The summed E-state index contributed by atoms with van der Waals surface area (Å²) in [6.07, 6.45) is -0.0746. The third-order valence-corrected chi connectivity index (χ3v) is 3.12. The summed E-state index contributed by atoms with van der Waals surface area (Å²) in [5.41, 5.74) is 0.518. The number of nitrogens with zero attached hydrogens (tertiary/aromatic N) is 2. The van der Waals surface area contributed by atoms with Crippen LogP contribution < -0.4 is 0 Å². The molecule has 1 aromatic carbocycles. The predicted octanol–water partition coefficient (Wildman–Crippen LogP) is 2.71. The largest absolute Gasteiger partial charge is 0.506 e. The van der Waals surface area contributed by atoms with Crippen molar-refractivity contribution in [2.75, 3.05) is 0 Å². The van der Waals surface area contributed by atoms with Crippen LogP contribution in [0.15, 0.2) is 26.7 Å². The van der Waals surface area contributed by atoms with Gasteiger partial charge in [-0.05, 0) is 55.6 Å². The van der Waals surface area contributed by atoms with Crippen LogP contribution in [-0.2, 0) is 0 Å². The number of rotatable bonds is 2. The molecule has 1 unspecified atom stereocenters. The van der Waals surface area contributed by atoms with Gasteiger partial charge in [0.2, 0.25) is 0 Å². The van der Waals surface area contributed by atoms with Crippen LogP contribution in [0.4, 0.5) is 0 Å². The number of aliphatic hydroxyl groups is 1. The molecule has 2 N–H and O–H groups in total. The average Bonchev–Trinajstić information content (AvgIpc) is 2.31. The molecule has 0 saturated heterocycles. The Bertz CT molecular complexity index is 533. The fourth-order valence-electron chi connectivity index (χ4n) is 1.09. The molecule has 0 aliphatic carbocycles. The molecule has 0 fully saturated rings. The fraction of sp³-hybridized carbons (Fsp3) is 0.0909. The van der Waals surface area contributed by atoms with E-state index >= 15 is 0 Å². The van der Waals surface area contributed by atoms with Crippen LogP contribution in [0, 0.1) is 22.7 Å². The highest BCUT2D eigenvalue weighted by Gasteiger charge is 2.10. The lowest BCUT2D eigenvalue weighted by Crippen LogP contribution is -2.04. The van der Waals surface area contributed by atoms with E-state index in [1.807, 2.05) is 0 Å². The fourth-order valence-corrected chi connectivity index (χ4v) is 2.31. The Kier molecular flexibility index (Phi) is 4.71. The number of benzene rings is 1. The molecule has 0 spiro atoms. The summed E-state index contributed by atoms with van der Waals surface area (Å²) in [6.45, 7) is 0. The zero-order chi connectivity index (χ0) is 13.0. The number of phenolic OH excluding ortho intramolecular Hbond substituents is 1. The Hall–Kier alpha value is -1.34. The summed E-state index contributed by atoms with van der Waals surface area (Å²) in [5.74, 6) is 0.0430. The second-order valence-electron chi connectivity index (χ2n) is 3.08. The number of hydrogen-bond acceptors (Lipinski definition) is 4. The van der Waals surface area contributed by atoms with Crippen molar-refractivity contribution >= 4 is 37.9 Å². The molecule has 0 aromatic heterocycles. The number of phenols is 1. The zero-order valence-corrected chi connectivity index (χ0v) is 11.5. The topological polar surface area (TPSA) is 88.0 Å². The first-order chi connectivity index (χ1) is 7.99. The van der Waals surface area contributed by atoms with Gasteiger partial charge in [0.25, 0.3) is 0 Å². The van der Waals surface area contributed by atoms with E-state index in [4.69, 9.17) is 10.5 Å². The van der Waals surface area contributed by atoms with E-state index in [1.165, 1.54) is 6.08 Å². The number of hydrogen-bond donors (Lipinski definition) is 2. The standard InChI is InChI=1S/C11H6Br2N2O2/c12-8-2-6(3-9(13)11(8)17)1-7(4-14)10(16)5-15/h1-3,10,16-17H/b7-1+. The summed E-state index contributed by atoms with van der Waals surface area (Å²) < 4.78 is 0.892. The smallest absolute Gasteiger partial charge is 0.175 e. The summed E-state index contributed by atoms with van der Waals surface area (Å²) >= 11 is 6.29. The van der Waals surface area contributed by atoms with Crippen molar-refractivity contribution in [3.8, 4) is 17.9 Å². The second-order valence-corrected chi connectivity index (χ2v) is 4.78. The van der Waals surface area contributed by atoms with E-state index in [0.29, 0.717) is 14.5 Å². The molecule has 1 atom stereocenters. The van der Waals surface area contributed by atoms with E-state index in [1.54, 1.807) is 24.3 Å². The molecular weight excluding hydrogens is 352 g/mol. The Labute approximate surface area is 115 Å². The lowest BCUT2D eigenvalue weighted by Gasteiger charge is -2.04. The maximum atomic E-state index is 9.50. The monoisotopic (exact) mass is 356 g/mol. The van der Waals surface area contributed by atoms with Gasteiger partial charge in [0.15, 0.2) is 6.10 Å². The molecule has 0 aliphatic heterocycles.